The predicted octanol–water partition coefficient (Wildman–Crippen LogP) is 2.42. The van der Waals surface area contributed by atoms with Crippen LogP contribution in [0, 0.1) is 12.8 Å². The van der Waals surface area contributed by atoms with Crippen LogP contribution in [0.1, 0.15) is 25.0 Å². The second-order valence-corrected chi connectivity index (χ2v) is 7.03. The topological polar surface area (TPSA) is 75.2 Å². The van der Waals surface area contributed by atoms with Crippen molar-refractivity contribution in [2.24, 2.45) is 10.9 Å². The maximum absolute atomic E-state index is 11.8. The average molecular weight is 506 g/mol. The number of aliphatic imine (C=N–C) groups is 1. The highest BCUT2D eigenvalue weighted by Gasteiger charge is 2.08. The summed E-state index contributed by atoms with van der Waals surface area (Å²) in [6.07, 6.45) is 0. The summed E-state index contributed by atoms with van der Waals surface area (Å²) in [6.45, 7) is 8.72. The van der Waals surface area contributed by atoms with Crippen LogP contribution in [-0.2, 0) is 16.1 Å². The zero-order valence-corrected chi connectivity index (χ0v) is 20.2. The van der Waals surface area contributed by atoms with Gasteiger partial charge in [0, 0.05) is 33.3 Å². The highest BCUT2D eigenvalue weighted by Crippen LogP contribution is 2.21. The molecule has 0 atom stereocenters. The van der Waals surface area contributed by atoms with Crippen molar-refractivity contribution in [3.05, 3.63) is 29.3 Å². The Morgan fingerprint density at radius 1 is 1.21 bits per heavy atom. The van der Waals surface area contributed by atoms with Crippen molar-refractivity contribution in [2.75, 3.05) is 47.5 Å². The number of hydrogen-bond donors (Lipinski definition) is 2. The number of halogens is 1. The van der Waals surface area contributed by atoms with Crippen molar-refractivity contribution >= 4 is 35.8 Å². The molecule has 28 heavy (non-hydrogen) atoms. The number of nitrogens with zero attached hydrogens (tertiary/aromatic N) is 2. The summed E-state index contributed by atoms with van der Waals surface area (Å²) < 4.78 is 10.9. The molecule has 0 aliphatic rings. The van der Waals surface area contributed by atoms with Gasteiger partial charge in [-0.2, -0.15) is 0 Å². The number of likely N-dealkylation sites (N-methyl/N-ethyl adjacent to an activating group) is 1. The first kappa shape index (κ1) is 26.4. The van der Waals surface area contributed by atoms with E-state index in [0.29, 0.717) is 31.6 Å². The second kappa shape index (κ2) is 14.4. The van der Waals surface area contributed by atoms with Crippen LogP contribution in [0.4, 0.5) is 0 Å². The summed E-state index contributed by atoms with van der Waals surface area (Å²) in [6, 6.07) is 6.06. The summed E-state index contributed by atoms with van der Waals surface area (Å²) in [5, 5.41) is 6.37. The molecule has 0 unspecified atom stereocenters. The van der Waals surface area contributed by atoms with Crippen LogP contribution in [0.15, 0.2) is 23.2 Å². The van der Waals surface area contributed by atoms with Crippen LogP contribution in [0.5, 0.6) is 5.75 Å². The Labute approximate surface area is 186 Å². The number of carbonyl (C=O) groups excluding carboxylic acids is 1. The zero-order valence-electron chi connectivity index (χ0n) is 17.9. The summed E-state index contributed by atoms with van der Waals surface area (Å²) in [5.74, 6) is 1.88. The molecule has 1 aromatic rings. The summed E-state index contributed by atoms with van der Waals surface area (Å²) in [7, 11) is 5.12. The van der Waals surface area contributed by atoms with Gasteiger partial charge in [-0.25, -0.2) is 4.99 Å². The van der Waals surface area contributed by atoms with Gasteiger partial charge in [-0.15, -0.1) is 24.0 Å². The molecule has 0 saturated carbocycles. The van der Waals surface area contributed by atoms with Crippen molar-refractivity contribution in [2.45, 2.75) is 27.3 Å². The van der Waals surface area contributed by atoms with E-state index in [1.54, 1.807) is 26.1 Å². The van der Waals surface area contributed by atoms with Crippen LogP contribution in [-0.4, -0.2) is 64.3 Å². The van der Waals surface area contributed by atoms with E-state index in [9.17, 15) is 4.79 Å². The molecule has 1 aromatic carbocycles. The van der Waals surface area contributed by atoms with Gasteiger partial charge in [0.05, 0.1) is 19.7 Å². The first-order valence-corrected chi connectivity index (χ1v) is 9.27. The first-order chi connectivity index (χ1) is 12.8. The molecule has 8 heteroatoms. The zero-order chi connectivity index (χ0) is 20.2. The lowest BCUT2D eigenvalue weighted by Crippen LogP contribution is -2.44. The summed E-state index contributed by atoms with van der Waals surface area (Å²) in [5.41, 5.74) is 2.12. The molecular formula is C20H35IN4O3. The number of hydrogen-bond acceptors (Lipinski definition) is 4. The summed E-state index contributed by atoms with van der Waals surface area (Å²) >= 11 is 0. The SMILES string of the molecule is COCCOc1cc(C)ccc1CN=C(NCC(=O)N(C)C)NCC(C)C.I. The number of methoxy groups -OCH3 is 1. The van der Waals surface area contributed by atoms with E-state index in [1.165, 1.54) is 0 Å². The Hall–Kier alpha value is -1.55. The number of amides is 1. The van der Waals surface area contributed by atoms with E-state index in [2.05, 4.69) is 29.5 Å². The van der Waals surface area contributed by atoms with E-state index >= 15 is 0 Å². The van der Waals surface area contributed by atoms with Gasteiger partial charge in [-0.05, 0) is 24.5 Å². The Morgan fingerprint density at radius 2 is 1.93 bits per heavy atom. The molecule has 7 nitrogen and oxygen atoms in total. The maximum atomic E-state index is 11.8. The molecule has 0 bridgehead atoms. The molecule has 0 radical (unpaired) electrons. The number of benzene rings is 1. The number of nitrogens with one attached hydrogen (secondary N) is 2. The molecule has 0 spiro atoms. The molecule has 1 rings (SSSR count). The minimum absolute atomic E-state index is 0. The van der Waals surface area contributed by atoms with Gasteiger partial charge in [0.1, 0.15) is 12.4 Å². The van der Waals surface area contributed by atoms with E-state index in [0.717, 1.165) is 23.4 Å². The molecular weight excluding hydrogens is 471 g/mol. The minimum Gasteiger partial charge on any atom is -0.491 e. The van der Waals surface area contributed by atoms with Crippen molar-refractivity contribution in [1.29, 1.82) is 0 Å². The molecule has 1 amide bonds. The number of guanidine groups is 1. The van der Waals surface area contributed by atoms with Gasteiger partial charge >= 0.3 is 0 Å². The van der Waals surface area contributed by atoms with Crippen molar-refractivity contribution in [3.63, 3.8) is 0 Å². The van der Waals surface area contributed by atoms with Gasteiger partial charge in [0.2, 0.25) is 5.91 Å². The second-order valence-electron chi connectivity index (χ2n) is 7.03. The van der Waals surface area contributed by atoms with Crippen LogP contribution in [0.25, 0.3) is 0 Å². The largest absolute Gasteiger partial charge is 0.491 e. The molecule has 0 fully saturated rings. The Bertz CT molecular complexity index is 621. The Morgan fingerprint density at radius 3 is 2.54 bits per heavy atom. The van der Waals surface area contributed by atoms with Gasteiger partial charge in [0.25, 0.3) is 0 Å². The number of rotatable bonds is 10. The van der Waals surface area contributed by atoms with Gasteiger partial charge in [-0.1, -0.05) is 26.0 Å². The normalized spacial score (nSPS) is 11.0. The van der Waals surface area contributed by atoms with Crippen LogP contribution in [0.2, 0.25) is 0 Å². The monoisotopic (exact) mass is 506 g/mol. The maximum Gasteiger partial charge on any atom is 0.241 e. The smallest absolute Gasteiger partial charge is 0.241 e. The lowest BCUT2D eigenvalue weighted by molar-refractivity contribution is -0.127. The Balaban J connectivity index is 0.00000729. The van der Waals surface area contributed by atoms with Crippen molar-refractivity contribution in [1.82, 2.24) is 15.5 Å². The molecule has 0 aliphatic carbocycles. The number of aryl methyl sites for hydroxylation is 1. The lowest BCUT2D eigenvalue weighted by Gasteiger charge is -2.16. The van der Waals surface area contributed by atoms with Gasteiger partial charge in [0.15, 0.2) is 5.96 Å². The third-order valence-corrected chi connectivity index (χ3v) is 3.76. The van der Waals surface area contributed by atoms with Crippen molar-refractivity contribution < 1.29 is 14.3 Å². The van der Waals surface area contributed by atoms with E-state index in [4.69, 9.17) is 9.47 Å². The van der Waals surface area contributed by atoms with E-state index in [1.807, 2.05) is 25.1 Å². The van der Waals surface area contributed by atoms with Gasteiger partial charge < -0.3 is 25.0 Å². The highest BCUT2D eigenvalue weighted by molar-refractivity contribution is 14.0. The average Bonchev–Trinajstić information content (AvgIpc) is 2.61. The molecule has 0 aromatic heterocycles. The molecule has 0 saturated heterocycles. The van der Waals surface area contributed by atoms with Crippen LogP contribution < -0.4 is 15.4 Å². The van der Waals surface area contributed by atoms with Crippen LogP contribution >= 0.6 is 24.0 Å². The van der Waals surface area contributed by atoms with E-state index < -0.39 is 0 Å². The molecule has 160 valence electrons. The van der Waals surface area contributed by atoms with Crippen LogP contribution in [0.3, 0.4) is 0 Å². The third-order valence-electron chi connectivity index (χ3n) is 3.76. The molecule has 0 heterocycles. The summed E-state index contributed by atoms with van der Waals surface area (Å²) in [4.78, 5) is 18.0. The third kappa shape index (κ3) is 10.7. The quantitative estimate of drug-likeness (QED) is 0.221. The van der Waals surface area contributed by atoms with E-state index in [-0.39, 0.29) is 36.4 Å². The number of carbonyl (C=O) groups is 1. The fraction of sp³-hybridized carbons (Fsp3) is 0.600. The standard InChI is InChI=1S/C20H34N4O3.HI/c1-15(2)12-21-20(23-14-19(25)24(4)5)22-13-17-8-7-16(3)11-18(17)27-10-9-26-6;/h7-8,11,15H,9-10,12-14H2,1-6H3,(H2,21,22,23);1H. The highest BCUT2D eigenvalue weighted by atomic mass is 127. The molecule has 2 N–H and O–H groups in total. The first-order valence-electron chi connectivity index (χ1n) is 9.27. The lowest BCUT2D eigenvalue weighted by atomic mass is 10.1. The number of ether oxygens (including phenoxy) is 2. The Kier molecular flexibility index (Phi) is 13.6. The fourth-order valence-electron chi connectivity index (χ4n) is 2.12. The fourth-order valence-corrected chi connectivity index (χ4v) is 2.12. The predicted molar refractivity (Wildman–Crippen MR) is 125 cm³/mol. The minimum atomic E-state index is -0.00651. The molecule has 0 aliphatic heterocycles. The van der Waals surface area contributed by atoms with Gasteiger partial charge in [-0.3, -0.25) is 4.79 Å². The van der Waals surface area contributed by atoms with Crippen molar-refractivity contribution in [3.8, 4) is 5.75 Å².